The number of benzene rings is 1. The van der Waals surface area contributed by atoms with Crippen LogP contribution in [0.15, 0.2) is 24.3 Å². The highest BCUT2D eigenvalue weighted by atomic mass is 16.2. The van der Waals surface area contributed by atoms with E-state index >= 15 is 0 Å². The van der Waals surface area contributed by atoms with E-state index in [-0.39, 0.29) is 17.9 Å². The maximum atomic E-state index is 12.7. The number of carbonyl (C=O) groups excluding carboxylic acids is 1. The van der Waals surface area contributed by atoms with Crippen molar-refractivity contribution in [3.05, 3.63) is 41.2 Å². The van der Waals surface area contributed by atoms with E-state index in [0.29, 0.717) is 5.69 Å². The molecule has 1 saturated carbocycles. The van der Waals surface area contributed by atoms with Crippen molar-refractivity contribution < 1.29 is 4.79 Å². The summed E-state index contributed by atoms with van der Waals surface area (Å²) in [5.74, 6) is 0.0670. The van der Waals surface area contributed by atoms with Gasteiger partial charge in [0.1, 0.15) is 0 Å². The van der Waals surface area contributed by atoms with E-state index < -0.39 is 0 Å². The van der Waals surface area contributed by atoms with Crippen LogP contribution in [0, 0.1) is 6.92 Å². The lowest BCUT2D eigenvalue weighted by molar-refractivity contribution is 0.0921. The zero-order valence-corrected chi connectivity index (χ0v) is 14.7. The number of amides is 1. The summed E-state index contributed by atoms with van der Waals surface area (Å²) in [5.41, 5.74) is 3.46. The summed E-state index contributed by atoms with van der Waals surface area (Å²) in [6.07, 6.45) is 5.78. The quantitative estimate of drug-likeness (QED) is 0.930. The van der Waals surface area contributed by atoms with Crippen molar-refractivity contribution >= 4 is 5.91 Å². The van der Waals surface area contributed by atoms with Gasteiger partial charge in [-0.25, -0.2) is 4.68 Å². The highest BCUT2D eigenvalue weighted by Gasteiger charge is 2.25. The van der Waals surface area contributed by atoms with Crippen LogP contribution in [-0.2, 0) is 0 Å². The van der Waals surface area contributed by atoms with Gasteiger partial charge in [-0.15, -0.1) is 5.10 Å². The zero-order chi connectivity index (χ0) is 17.1. The van der Waals surface area contributed by atoms with Crippen LogP contribution in [0.4, 0.5) is 0 Å². The molecule has 0 radical (unpaired) electrons. The Morgan fingerprint density at radius 2 is 1.83 bits per heavy atom. The van der Waals surface area contributed by atoms with E-state index in [1.54, 1.807) is 4.68 Å². The first kappa shape index (κ1) is 16.7. The van der Waals surface area contributed by atoms with Crippen LogP contribution >= 0.6 is 0 Å². The second kappa shape index (κ2) is 7.16. The van der Waals surface area contributed by atoms with Gasteiger partial charge >= 0.3 is 0 Å². The zero-order valence-electron chi connectivity index (χ0n) is 14.7. The van der Waals surface area contributed by atoms with Crippen LogP contribution < -0.4 is 5.32 Å². The Labute approximate surface area is 143 Å². The van der Waals surface area contributed by atoms with Crippen LogP contribution in [0.1, 0.15) is 73.6 Å². The summed E-state index contributed by atoms with van der Waals surface area (Å²) in [7, 11) is 0. The van der Waals surface area contributed by atoms with Crippen molar-refractivity contribution in [1.82, 2.24) is 20.3 Å². The first-order valence-corrected chi connectivity index (χ1v) is 8.89. The minimum atomic E-state index is -0.0936. The number of carbonyl (C=O) groups is 1. The molecule has 0 aliphatic heterocycles. The van der Waals surface area contributed by atoms with Gasteiger partial charge in [0.25, 0.3) is 5.91 Å². The van der Waals surface area contributed by atoms with E-state index in [4.69, 9.17) is 0 Å². The monoisotopic (exact) mass is 326 g/mol. The van der Waals surface area contributed by atoms with Crippen LogP contribution in [0.2, 0.25) is 0 Å². The Hall–Kier alpha value is -2.17. The second-order valence-electron chi connectivity index (χ2n) is 7.03. The summed E-state index contributed by atoms with van der Waals surface area (Å²) in [6, 6.07) is 8.39. The van der Waals surface area contributed by atoms with E-state index in [9.17, 15) is 4.79 Å². The average molecular weight is 326 g/mol. The summed E-state index contributed by atoms with van der Waals surface area (Å²) < 4.78 is 1.79. The third-order valence-electron chi connectivity index (χ3n) is 4.69. The molecule has 5 heteroatoms. The third kappa shape index (κ3) is 3.50. The normalized spacial score (nSPS) is 15.7. The lowest BCUT2D eigenvalue weighted by atomic mass is 9.95. The molecule has 24 heavy (non-hydrogen) atoms. The lowest BCUT2D eigenvalue weighted by Gasteiger charge is -2.22. The minimum absolute atomic E-state index is 0.0936. The van der Waals surface area contributed by atoms with Gasteiger partial charge in [-0.1, -0.05) is 56.0 Å². The first-order chi connectivity index (χ1) is 11.6. The predicted octanol–water partition coefficient (Wildman–Crippen LogP) is 3.76. The maximum Gasteiger partial charge on any atom is 0.274 e. The molecule has 5 nitrogen and oxygen atoms in total. The average Bonchev–Trinajstić information content (AvgIpc) is 3.02. The molecule has 1 aliphatic rings. The molecular formula is C19H26N4O. The molecule has 0 bridgehead atoms. The Morgan fingerprint density at radius 1 is 1.17 bits per heavy atom. The summed E-state index contributed by atoms with van der Waals surface area (Å²) in [5, 5.41) is 11.6. The maximum absolute atomic E-state index is 12.7. The summed E-state index contributed by atoms with van der Waals surface area (Å²) >= 11 is 0. The highest BCUT2D eigenvalue weighted by molar-refractivity contribution is 5.93. The number of nitrogens with one attached hydrogen (secondary N) is 1. The third-order valence-corrected chi connectivity index (χ3v) is 4.69. The molecule has 2 aromatic rings. The van der Waals surface area contributed by atoms with Crippen molar-refractivity contribution in [3.63, 3.8) is 0 Å². The molecule has 1 fully saturated rings. The summed E-state index contributed by atoms with van der Waals surface area (Å²) in [6.45, 7) is 6.19. The van der Waals surface area contributed by atoms with Gasteiger partial charge in [-0.05, 0) is 37.8 Å². The smallest absolute Gasteiger partial charge is 0.274 e. The van der Waals surface area contributed by atoms with Crippen molar-refractivity contribution in [1.29, 1.82) is 0 Å². The molecule has 1 amide bonds. The van der Waals surface area contributed by atoms with E-state index in [1.165, 1.54) is 24.8 Å². The van der Waals surface area contributed by atoms with Gasteiger partial charge in [-0.3, -0.25) is 4.79 Å². The number of hydrogen-bond acceptors (Lipinski definition) is 3. The van der Waals surface area contributed by atoms with Crippen LogP contribution in [-0.4, -0.2) is 26.9 Å². The van der Waals surface area contributed by atoms with Crippen molar-refractivity contribution in [2.45, 2.75) is 64.8 Å². The van der Waals surface area contributed by atoms with Gasteiger partial charge in [0.15, 0.2) is 5.69 Å². The predicted molar refractivity (Wildman–Crippen MR) is 94.5 cm³/mol. The number of nitrogens with zero attached hydrogens (tertiary/aromatic N) is 3. The van der Waals surface area contributed by atoms with Crippen molar-refractivity contribution in [3.8, 4) is 5.69 Å². The topological polar surface area (TPSA) is 59.8 Å². The van der Waals surface area contributed by atoms with Crippen molar-refractivity contribution in [2.24, 2.45) is 0 Å². The molecule has 0 atom stereocenters. The molecule has 0 unspecified atom stereocenters. The molecule has 128 valence electrons. The number of hydrogen-bond donors (Lipinski definition) is 1. The van der Waals surface area contributed by atoms with Crippen LogP contribution in [0.25, 0.3) is 5.69 Å². The Kier molecular flexibility index (Phi) is 4.97. The van der Waals surface area contributed by atoms with Gasteiger partial charge in [0, 0.05) is 6.04 Å². The lowest BCUT2D eigenvalue weighted by Crippen LogP contribution is -2.37. The molecule has 0 saturated heterocycles. The highest BCUT2D eigenvalue weighted by Crippen LogP contribution is 2.23. The fraction of sp³-hybridized carbons (Fsp3) is 0.526. The molecule has 0 spiro atoms. The molecule has 1 N–H and O–H groups in total. The number of aryl methyl sites for hydroxylation is 1. The molecule has 1 heterocycles. The summed E-state index contributed by atoms with van der Waals surface area (Å²) in [4.78, 5) is 12.7. The molecule has 1 aromatic heterocycles. The van der Waals surface area contributed by atoms with Crippen molar-refractivity contribution in [2.75, 3.05) is 0 Å². The van der Waals surface area contributed by atoms with Gasteiger partial charge in [0.05, 0.1) is 11.4 Å². The fourth-order valence-corrected chi connectivity index (χ4v) is 3.35. The molecule has 3 rings (SSSR count). The minimum Gasteiger partial charge on any atom is -0.348 e. The van der Waals surface area contributed by atoms with E-state index in [0.717, 1.165) is 24.2 Å². The molecule has 1 aromatic carbocycles. The standard InChI is InChI=1S/C19H26N4O/c1-13(2)18-17(19(24)20-15-7-5-4-6-8-15)21-22-23(18)16-11-9-14(3)10-12-16/h9-13,15H,4-8H2,1-3H3,(H,20,24). The van der Waals surface area contributed by atoms with Gasteiger partial charge in [-0.2, -0.15) is 0 Å². The molecule has 1 aliphatic carbocycles. The van der Waals surface area contributed by atoms with Gasteiger partial charge in [0.2, 0.25) is 0 Å². The van der Waals surface area contributed by atoms with E-state index in [1.807, 2.05) is 24.3 Å². The molecular weight excluding hydrogens is 300 g/mol. The van der Waals surface area contributed by atoms with Crippen LogP contribution in [0.3, 0.4) is 0 Å². The van der Waals surface area contributed by atoms with Crippen LogP contribution in [0.5, 0.6) is 0 Å². The number of rotatable bonds is 4. The van der Waals surface area contributed by atoms with Gasteiger partial charge < -0.3 is 5.32 Å². The Morgan fingerprint density at radius 3 is 2.46 bits per heavy atom. The Bertz CT molecular complexity index is 697. The fourth-order valence-electron chi connectivity index (χ4n) is 3.35. The number of aromatic nitrogens is 3. The first-order valence-electron chi connectivity index (χ1n) is 8.89. The second-order valence-corrected chi connectivity index (χ2v) is 7.03. The Balaban J connectivity index is 1.88. The largest absolute Gasteiger partial charge is 0.348 e. The van der Waals surface area contributed by atoms with E-state index in [2.05, 4.69) is 36.4 Å². The SMILES string of the molecule is Cc1ccc(-n2nnc(C(=O)NC3CCCCC3)c2C(C)C)cc1.